The molecule has 4 aromatic rings. The van der Waals surface area contributed by atoms with E-state index in [0.717, 1.165) is 16.7 Å². The number of pyridine rings is 1. The number of aliphatic hydroxyl groups is 1. The van der Waals surface area contributed by atoms with E-state index >= 15 is 0 Å². The molecule has 198 valence electrons. The van der Waals surface area contributed by atoms with Gasteiger partial charge in [-0.15, -0.1) is 0 Å². The number of nitrogens with one attached hydrogen (secondary N) is 2. The maximum atomic E-state index is 12.5. The molecular formula is C26H26ClN5O5S. The Hall–Kier alpha value is -3.06. The zero-order valence-electron chi connectivity index (χ0n) is 20.6. The molecule has 3 N–H and O–H groups in total. The molecule has 0 aliphatic carbocycles. The van der Waals surface area contributed by atoms with Gasteiger partial charge in [0.25, 0.3) is 6.01 Å². The third-order valence-corrected chi connectivity index (χ3v) is 9.06. The summed E-state index contributed by atoms with van der Waals surface area (Å²) in [6.07, 6.45) is -1.77. The van der Waals surface area contributed by atoms with E-state index < -0.39 is 16.0 Å². The second-order valence-electron chi connectivity index (χ2n) is 9.49. The number of fused-ring (bicyclic) bond motifs is 2. The number of nitrogens with zero attached hydrogens (tertiary/aromatic N) is 3. The monoisotopic (exact) mass is 555 g/mol. The van der Waals surface area contributed by atoms with Crippen molar-refractivity contribution in [2.45, 2.75) is 29.3 Å². The van der Waals surface area contributed by atoms with E-state index in [1.807, 2.05) is 36.4 Å². The molecule has 5 atom stereocenters. The van der Waals surface area contributed by atoms with Gasteiger partial charge in [0.15, 0.2) is 11.8 Å². The molecule has 2 aliphatic heterocycles. The Morgan fingerprint density at radius 2 is 1.66 bits per heavy atom. The summed E-state index contributed by atoms with van der Waals surface area (Å²) in [7, 11) is 0.278. The molecule has 38 heavy (non-hydrogen) atoms. The lowest BCUT2D eigenvalue weighted by Crippen LogP contribution is -2.34. The van der Waals surface area contributed by atoms with Crippen LogP contribution in [0.4, 0.5) is 0 Å². The summed E-state index contributed by atoms with van der Waals surface area (Å²) in [5.74, 6) is 0. The van der Waals surface area contributed by atoms with Crippen molar-refractivity contribution < 1.29 is 23.5 Å². The van der Waals surface area contributed by atoms with E-state index in [-0.39, 0.29) is 30.9 Å². The minimum atomic E-state index is -2.98. The van der Waals surface area contributed by atoms with Gasteiger partial charge in [-0.2, -0.15) is 4.98 Å². The van der Waals surface area contributed by atoms with Crippen LogP contribution in [0.5, 0.6) is 6.01 Å². The summed E-state index contributed by atoms with van der Waals surface area (Å²) in [5.41, 5.74) is 4.41. The first-order valence-electron chi connectivity index (χ1n) is 12.0. The molecule has 0 saturated carbocycles. The van der Waals surface area contributed by atoms with Crippen molar-refractivity contribution in [1.29, 1.82) is 4.78 Å². The van der Waals surface area contributed by atoms with Crippen molar-refractivity contribution in [3.63, 3.8) is 0 Å². The number of aliphatic hydroxyl groups excluding tert-OH is 1. The van der Waals surface area contributed by atoms with Crippen molar-refractivity contribution in [2.75, 3.05) is 27.3 Å². The van der Waals surface area contributed by atoms with E-state index in [2.05, 4.69) is 15.0 Å². The molecule has 2 fully saturated rings. The number of imidazole rings is 1. The second-order valence-corrected chi connectivity index (χ2v) is 12.2. The number of halogens is 1. The Morgan fingerprint density at radius 3 is 2.34 bits per heavy atom. The van der Waals surface area contributed by atoms with Crippen LogP contribution >= 0.6 is 11.6 Å². The van der Waals surface area contributed by atoms with Crippen molar-refractivity contribution >= 4 is 32.7 Å². The predicted octanol–water partition coefficient (Wildman–Crippen LogP) is 3.73. The third kappa shape index (κ3) is 4.45. The Balaban J connectivity index is 1.22. The van der Waals surface area contributed by atoms with E-state index in [9.17, 15) is 9.32 Å². The summed E-state index contributed by atoms with van der Waals surface area (Å²) in [6.45, 7) is 0.527. The van der Waals surface area contributed by atoms with Crippen molar-refractivity contribution in [2.24, 2.45) is 0 Å². The minimum absolute atomic E-state index is 0.226. The van der Waals surface area contributed by atoms with Crippen LogP contribution in [0.2, 0.25) is 5.02 Å². The molecule has 0 radical (unpaired) electrons. The highest BCUT2D eigenvalue weighted by Gasteiger charge is 2.48. The van der Waals surface area contributed by atoms with E-state index in [4.69, 9.17) is 30.6 Å². The number of ether oxygens (including phenoxy) is 3. The molecule has 10 nitrogen and oxygen atoms in total. The highest BCUT2D eigenvalue weighted by Crippen LogP contribution is 2.33. The number of aromatic nitrogens is 3. The lowest BCUT2D eigenvalue weighted by molar-refractivity contribution is 0.00706. The summed E-state index contributed by atoms with van der Waals surface area (Å²) in [5, 5.41) is 10.4. The number of benzene rings is 2. The molecule has 12 heteroatoms. The molecule has 0 amide bonds. The summed E-state index contributed by atoms with van der Waals surface area (Å²) >= 11 is 6.58. The van der Waals surface area contributed by atoms with Gasteiger partial charge in [-0.05, 0) is 29.3 Å². The van der Waals surface area contributed by atoms with Gasteiger partial charge in [0.1, 0.15) is 28.2 Å². The first kappa shape index (κ1) is 25.2. The largest absolute Gasteiger partial charge is 0.456 e. The maximum absolute atomic E-state index is 12.5. The fraction of sp³-hybridized carbons (Fsp3) is 0.308. The third-order valence-electron chi connectivity index (χ3n) is 6.83. The van der Waals surface area contributed by atoms with E-state index in [0.29, 0.717) is 33.4 Å². The van der Waals surface area contributed by atoms with Gasteiger partial charge >= 0.3 is 0 Å². The average molecular weight is 556 g/mol. The number of aromatic amines is 1. The molecule has 0 bridgehead atoms. The van der Waals surface area contributed by atoms with Crippen LogP contribution in [0.25, 0.3) is 33.5 Å². The number of hydrogen-bond acceptors (Lipinski definition) is 8. The average Bonchev–Trinajstić information content (AvgIpc) is 3.60. The van der Waals surface area contributed by atoms with Crippen LogP contribution in [-0.4, -0.2) is 80.3 Å². The van der Waals surface area contributed by atoms with Crippen LogP contribution in [0.3, 0.4) is 0 Å². The molecule has 0 spiro atoms. The van der Waals surface area contributed by atoms with Gasteiger partial charge in [-0.3, -0.25) is 0 Å². The maximum Gasteiger partial charge on any atom is 0.296 e. The van der Waals surface area contributed by atoms with Crippen LogP contribution in [0.15, 0.2) is 59.5 Å². The first-order valence-corrected chi connectivity index (χ1v) is 13.9. The summed E-state index contributed by atoms with van der Waals surface area (Å²) in [4.78, 5) is 12.7. The molecule has 2 saturated heterocycles. The number of rotatable bonds is 6. The SMILES string of the molecule is CN(C)S(=N)(=O)c1ccc(-c2ccc(-c3nc4nc(O[C@H]5CO[C@@H]6[C@H]5OC[C@@H]6O)[nH]c4cc3Cl)cc2)cc1. The fourth-order valence-corrected chi connectivity index (χ4v) is 5.89. The minimum Gasteiger partial charge on any atom is -0.456 e. The standard InChI is InChI=1S/C26H26ClN5O5S/c1-32(2)38(28,34)17-9-7-15(8-10-17)14-3-5-16(6-4-14)22-18(27)11-19-25(30-22)31-26(29-19)37-21-13-36-23-20(33)12-35-24(21)23/h3-11,20-21,23-24,28,33H,12-13H2,1-2H3,(H,29,30,31)/t20-,21-,23-,24-,38?/m0/s1. The molecular weight excluding hydrogens is 530 g/mol. The zero-order valence-corrected chi connectivity index (χ0v) is 22.2. The summed E-state index contributed by atoms with van der Waals surface area (Å²) in [6, 6.07) is 17.0. The molecule has 2 aromatic carbocycles. The lowest BCUT2D eigenvalue weighted by Gasteiger charge is -2.15. The summed E-state index contributed by atoms with van der Waals surface area (Å²) < 4.78 is 39.2. The highest BCUT2D eigenvalue weighted by molar-refractivity contribution is 7.90. The Labute approximate surface area is 224 Å². The zero-order chi connectivity index (χ0) is 26.6. The Morgan fingerprint density at radius 1 is 1.03 bits per heavy atom. The Kier molecular flexibility index (Phi) is 6.37. The van der Waals surface area contributed by atoms with Crippen LogP contribution < -0.4 is 4.74 Å². The second kappa shape index (κ2) is 9.60. The molecule has 2 aliphatic rings. The van der Waals surface area contributed by atoms with Gasteiger partial charge in [0.05, 0.1) is 34.3 Å². The predicted molar refractivity (Wildman–Crippen MR) is 142 cm³/mol. The van der Waals surface area contributed by atoms with Crippen molar-refractivity contribution in [1.82, 2.24) is 19.3 Å². The molecule has 6 rings (SSSR count). The van der Waals surface area contributed by atoms with E-state index in [1.165, 1.54) is 4.31 Å². The highest BCUT2D eigenvalue weighted by atomic mass is 35.5. The lowest BCUT2D eigenvalue weighted by atomic mass is 10.0. The number of H-pyrrole nitrogens is 1. The van der Waals surface area contributed by atoms with Crippen LogP contribution in [0.1, 0.15) is 0 Å². The molecule has 1 unspecified atom stereocenters. The van der Waals surface area contributed by atoms with Gasteiger partial charge < -0.3 is 24.3 Å². The van der Waals surface area contributed by atoms with E-state index in [1.54, 1.807) is 32.3 Å². The van der Waals surface area contributed by atoms with Gasteiger partial charge in [-0.25, -0.2) is 18.3 Å². The quantitative estimate of drug-likeness (QED) is 0.330. The smallest absolute Gasteiger partial charge is 0.296 e. The van der Waals surface area contributed by atoms with Crippen LogP contribution in [-0.2, 0) is 19.4 Å². The molecule has 4 heterocycles. The first-order chi connectivity index (χ1) is 18.2. The topological polar surface area (TPSA) is 134 Å². The Bertz CT molecular complexity index is 1590. The van der Waals surface area contributed by atoms with Gasteiger partial charge in [-0.1, -0.05) is 48.0 Å². The fourth-order valence-electron chi connectivity index (χ4n) is 4.71. The van der Waals surface area contributed by atoms with Gasteiger partial charge in [0, 0.05) is 19.7 Å². The van der Waals surface area contributed by atoms with Crippen molar-refractivity contribution in [3.8, 4) is 28.4 Å². The molecule has 2 aromatic heterocycles. The van der Waals surface area contributed by atoms with Gasteiger partial charge in [0.2, 0.25) is 0 Å². The number of hydrogen-bond donors (Lipinski definition) is 3. The van der Waals surface area contributed by atoms with Crippen molar-refractivity contribution in [3.05, 3.63) is 59.6 Å². The normalized spacial score (nSPS) is 24.6. The van der Waals surface area contributed by atoms with Crippen LogP contribution in [0, 0.1) is 4.78 Å².